The third-order valence-electron chi connectivity index (χ3n) is 3.61. The van der Waals surface area contributed by atoms with Crippen LogP contribution in [-0.2, 0) is 0 Å². The van der Waals surface area contributed by atoms with Crippen LogP contribution in [0.3, 0.4) is 0 Å². The highest BCUT2D eigenvalue weighted by Gasteiger charge is 2.32. The zero-order valence-corrected chi connectivity index (χ0v) is 17.1. The number of carbonyl (C=O) groups is 1. The van der Waals surface area contributed by atoms with Gasteiger partial charge in [-0.1, -0.05) is 52.8 Å². The molecule has 12 heteroatoms. The number of aromatic nitrogens is 3. The molecule has 1 atom stereocenters. The van der Waals surface area contributed by atoms with Crippen molar-refractivity contribution in [2.24, 2.45) is 0 Å². The molecule has 0 aliphatic carbocycles. The van der Waals surface area contributed by atoms with Crippen molar-refractivity contribution in [3.63, 3.8) is 0 Å². The van der Waals surface area contributed by atoms with E-state index in [1.807, 2.05) is 6.66 Å². The van der Waals surface area contributed by atoms with Crippen molar-refractivity contribution in [3.8, 4) is 16.9 Å². The Hall–Kier alpha value is -2.29. The minimum absolute atomic E-state index is 0.145. The number of aromatic carboxylic acids is 1. The average Bonchev–Trinajstić information content (AvgIpc) is 3.06. The first-order chi connectivity index (χ1) is 13.7. The summed E-state index contributed by atoms with van der Waals surface area (Å²) in [6, 6.07) is 10.9. The number of alkyl halides is 3. The fourth-order valence-electron chi connectivity index (χ4n) is 2.40. The lowest BCUT2D eigenvalue weighted by atomic mass is 10.1. The van der Waals surface area contributed by atoms with Gasteiger partial charge in [-0.2, -0.15) is 0 Å². The van der Waals surface area contributed by atoms with Crippen molar-refractivity contribution >= 4 is 38.1 Å². The van der Waals surface area contributed by atoms with E-state index in [0.717, 1.165) is 6.07 Å². The van der Waals surface area contributed by atoms with Crippen molar-refractivity contribution in [1.82, 2.24) is 14.8 Å². The second-order valence-corrected chi connectivity index (χ2v) is 7.79. The van der Waals surface area contributed by atoms with Gasteiger partial charge in [0.15, 0.2) is 0 Å². The fourth-order valence-corrected chi connectivity index (χ4v) is 4.37. The zero-order valence-electron chi connectivity index (χ0n) is 14.6. The molecule has 1 heterocycles. The van der Waals surface area contributed by atoms with Gasteiger partial charge in [-0.15, -0.1) is 18.3 Å². The largest absolute Gasteiger partial charge is 0.573 e. The molecule has 3 rings (SSSR count). The first-order valence-corrected chi connectivity index (χ1v) is 10.5. The van der Waals surface area contributed by atoms with Gasteiger partial charge >= 0.3 is 12.3 Å². The van der Waals surface area contributed by atoms with Gasteiger partial charge in [0, 0.05) is 19.2 Å². The van der Waals surface area contributed by atoms with Gasteiger partial charge in [0.25, 0.3) is 0 Å². The fraction of sp³-hybridized carbons (Fsp3) is 0.118. The number of hydrogen-bond acceptors (Lipinski definition) is 5. The molecule has 0 aliphatic rings. The van der Waals surface area contributed by atoms with E-state index >= 15 is 0 Å². The molecule has 6 nitrogen and oxygen atoms in total. The number of carboxylic acids is 1. The maximum Gasteiger partial charge on any atom is 0.573 e. The molecule has 0 spiro atoms. The van der Waals surface area contributed by atoms with E-state index in [1.165, 1.54) is 22.3 Å². The highest BCUT2D eigenvalue weighted by molar-refractivity contribution is 7.99. The number of benzene rings is 2. The highest BCUT2D eigenvalue weighted by atomic mass is 35.5. The molecule has 0 aliphatic heterocycles. The molecular weight excluding hydrogens is 450 g/mol. The zero-order chi connectivity index (χ0) is 21.2. The Morgan fingerprint density at radius 2 is 1.93 bits per heavy atom. The smallest absolute Gasteiger partial charge is 0.476 e. The lowest BCUT2D eigenvalue weighted by molar-refractivity contribution is -0.274. The summed E-state index contributed by atoms with van der Waals surface area (Å²) in [4.78, 5) is 12.0. The number of rotatable bonds is 6. The molecule has 1 aromatic heterocycles. The van der Waals surface area contributed by atoms with Crippen LogP contribution in [0.15, 0.2) is 52.4 Å². The Balaban J connectivity index is 1.88. The first kappa shape index (κ1) is 21.4. The van der Waals surface area contributed by atoms with E-state index in [2.05, 4.69) is 15.0 Å². The second kappa shape index (κ2) is 8.61. The first-order valence-electron chi connectivity index (χ1n) is 7.89. The van der Waals surface area contributed by atoms with Crippen LogP contribution in [0.5, 0.6) is 5.75 Å². The molecule has 1 N–H and O–H groups in total. The maximum absolute atomic E-state index is 12.5. The second-order valence-electron chi connectivity index (χ2n) is 5.48. The van der Waals surface area contributed by atoms with E-state index in [1.54, 1.807) is 30.3 Å². The number of halogens is 4. The van der Waals surface area contributed by atoms with E-state index in [-0.39, 0.29) is 19.4 Å². The van der Waals surface area contributed by atoms with Gasteiger partial charge in [-0.25, -0.2) is 9.25 Å². The number of hydrogen-bond donors (Lipinski definition) is 1. The standard InChI is InChI=1S/C17H12ClF3N3O3PS/c1-28-24-15(14(16(25)26)22-23-24)29-10-7-5-9(6-8-10)11-3-2-4-12(13(11)18)27-17(19,20)21/h2-8,28H,1H3,(H,25,26). The SMILES string of the molecule is CPn1nnc(C(=O)O)c1Sc1ccc(-c2cccc(OC(F)(F)F)c2Cl)cc1. The third kappa shape index (κ3) is 5.01. The lowest BCUT2D eigenvalue weighted by Gasteiger charge is -2.13. The number of ether oxygens (including phenoxy) is 1. The normalized spacial score (nSPS) is 11.9. The molecule has 0 bridgehead atoms. The predicted octanol–water partition coefficient (Wildman–Crippen LogP) is 5.42. The van der Waals surface area contributed by atoms with E-state index in [9.17, 15) is 23.1 Å². The van der Waals surface area contributed by atoms with E-state index < -0.39 is 18.1 Å². The van der Waals surface area contributed by atoms with Gasteiger partial charge < -0.3 is 9.84 Å². The summed E-state index contributed by atoms with van der Waals surface area (Å²) in [6.45, 7) is 1.84. The van der Waals surface area contributed by atoms with Crippen molar-refractivity contribution in [2.75, 3.05) is 6.66 Å². The molecule has 0 saturated heterocycles. The minimum Gasteiger partial charge on any atom is -0.476 e. The summed E-state index contributed by atoms with van der Waals surface area (Å²) in [7, 11) is 0.197. The molecular formula is C17H12ClF3N3O3PS. The van der Waals surface area contributed by atoms with Crippen molar-refractivity contribution in [2.45, 2.75) is 16.3 Å². The average molecular weight is 462 g/mol. The van der Waals surface area contributed by atoms with Crippen LogP contribution in [-0.4, -0.2) is 38.9 Å². The van der Waals surface area contributed by atoms with Crippen LogP contribution in [0, 0.1) is 0 Å². The maximum atomic E-state index is 12.5. The van der Waals surface area contributed by atoms with Crippen LogP contribution in [0.2, 0.25) is 5.02 Å². The third-order valence-corrected chi connectivity index (χ3v) is 5.97. The van der Waals surface area contributed by atoms with Crippen LogP contribution < -0.4 is 4.74 Å². The highest BCUT2D eigenvalue weighted by Crippen LogP contribution is 2.39. The minimum atomic E-state index is -4.85. The van der Waals surface area contributed by atoms with Gasteiger partial charge in [-0.05, 0) is 30.4 Å². The monoisotopic (exact) mass is 461 g/mol. The molecule has 1 unspecified atom stereocenters. The topological polar surface area (TPSA) is 77.2 Å². The Morgan fingerprint density at radius 3 is 2.52 bits per heavy atom. The summed E-state index contributed by atoms with van der Waals surface area (Å²) >= 11 is 7.26. The van der Waals surface area contributed by atoms with Crippen molar-refractivity contribution < 1.29 is 27.8 Å². The summed E-state index contributed by atoms with van der Waals surface area (Å²) < 4.78 is 42.9. The van der Waals surface area contributed by atoms with Crippen LogP contribution >= 0.6 is 32.1 Å². The van der Waals surface area contributed by atoms with Crippen LogP contribution in [0.1, 0.15) is 10.5 Å². The Morgan fingerprint density at radius 1 is 1.24 bits per heavy atom. The summed E-state index contributed by atoms with van der Waals surface area (Å²) in [5.74, 6) is -1.66. The molecule has 3 aromatic rings. The molecule has 2 aromatic carbocycles. The van der Waals surface area contributed by atoms with E-state index in [0.29, 0.717) is 21.0 Å². The van der Waals surface area contributed by atoms with Crippen molar-refractivity contribution in [3.05, 3.63) is 53.2 Å². The summed E-state index contributed by atoms with van der Waals surface area (Å²) in [6.07, 6.45) is -4.85. The molecule has 0 radical (unpaired) electrons. The Labute approximate surface area is 173 Å². The molecule has 0 amide bonds. The van der Waals surface area contributed by atoms with Crippen molar-refractivity contribution in [1.29, 1.82) is 0 Å². The van der Waals surface area contributed by atoms with Gasteiger partial charge in [0.2, 0.25) is 5.69 Å². The Kier molecular flexibility index (Phi) is 6.36. The van der Waals surface area contributed by atoms with Gasteiger partial charge in [0.1, 0.15) is 10.8 Å². The Bertz CT molecular complexity index is 1040. The van der Waals surface area contributed by atoms with Gasteiger partial charge in [0.05, 0.1) is 5.02 Å². The quantitative estimate of drug-likeness (QED) is 0.494. The molecule has 0 fully saturated rings. The number of carboxylic acid groups (broad SMARTS) is 1. The molecule has 0 saturated carbocycles. The van der Waals surface area contributed by atoms with Gasteiger partial charge in [-0.3, -0.25) is 0 Å². The summed E-state index contributed by atoms with van der Waals surface area (Å²) in [5.41, 5.74) is 0.806. The van der Waals surface area contributed by atoms with Crippen LogP contribution in [0.4, 0.5) is 13.2 Å². The number of nitrogens with zero attached hydrogens (tertiary/aromatic N) is 3. The predicted molar refractivity (Wildman–Crippen MR) is 104 cm³/mol. The molecule has 152 valence electrons. The van der Waals surface area contributed by atoms with E-state index in [4.69, 9.17) is 11.6 Å². The molecule has 29 heavy (non-hydrogen) atoms. The lowest BCUT2D eigenvalue weighted by Crippen LogP contribution is -2.17. The van der Waals surface area contributed by atoms with Crippen LogP contribution in [0.25, 0.3) is 11.1 Å². The summed E-state index contributed by atoms with van der Waals surface area (Å²) in [5, 5.41) is 17.0.